The van der Waals surface area contributed by atoms with Crippen LogP contribution in [0.1, 0.15) is 23.2 Å². The second-order valence-electron chi connectivity index (χ2n) is 4.92. The minimum atomic E-state index is -0.197. The Morgan fingerprint density at radius 2 is 2.20 bits per heavy atom. The predicted molar refractivity (Wildman–Crippen MR) is 76.3 cm³/mol. The van der Waals surface area contributed by atoms with Gasteiger partial charge in [-0.05, 0) is 19.1 Å². The molecule has 0 saturated heterocycles. The Bertz CT molecular complexity index is 646. The van der Waals surface area contributed by atoms with E-state index >= 15 is 0 Å². The molecule has 1 aliphatic heterocycles. The molecule has 0 amide bonds. The molecule has 0 fully saturated rings. The van der Waals surface area contributed by atoms with E-state index in [1.165, 1.54) is 0 Å². The number of Topliss-reactive ketones (excluding diaryl/α,β-unsaturated/α-hetero) is 1. The molecule has 2 aromatic rings. The molecular weight excluding hydrogens is 252 g/mol. The van der Waals surface area contributed by atoms with E-state index in [0.717, 1.165) is 5.56 Å². The SMILES string of the molecule is C=CCN1Cc2nc(-c3ccccc3)oc2C(=O)C1C. The van der Waals surface area contributed by atoms with Crippen LogP contribution in [0, 0.1) is 0 Å². The zero-order valence-electron chi connectivity index (χ0n) is 11.4. The van der Waals surface area contributed by atoms with Crippen LogP contribution in [0.4, 0.5) is 0 Å². The molecule has 2 heterocycles. The second-order valence-corrected chi connectivity index (χ2v) is 4.92. The molecule has 0 radical (unpaired) electrons. The van der Waals surface area contributed by atoms with Gasteiger partial charge < -0.3 is 4.42 Å². The molecule has 1 unspecified atom stereocenters. The Kier molecular flexibility index (Phi) is 3.24. The summed E-state index contributed by atoms with van der Waals surface area (Å²) in [5.41, 5.74) is 1.60. The van der Waals surface area contributed by atoms with Gasteiger partial charge in [-0.25, -0.2) is 4.98 Å². The maximum absolute atomic E-state index is 12.3. The van der Waals surface area contributed by atoms with E-state index in [4.69, 9.17) is 4.42 Å². The average Bonchev–Trinajstić information content (AvgIpc) is 2.90. The minimum absolute atomic E-state index is 0.0113. The smallest absolute Gasteiger partial charge is 0.227 e. The van der Waals surface area contributed by atoms with Crippen molar-refractivity contribution in [3.63, 3.8) is 0 Å². The number of rotatable bonds is 3. The van der Waals surface area contributed by atoms with Crippen LogP contribution in [-0.2, 0) is 6.54 Å². The van der Waals surface area contributed by atoms with Gasteiger partial charge in [0, 0.05) is 18.7 Å². The van der Waals surface area contributed by atoms with Crippen molar-refractivity contribution >= 4 is 5.78 Å². The van der Waals surface area contributed by atoms with Crippen molar-refractivity contribution < 1.29 is 9.21 Å². The Labute approximate surface area is 117 Å². The first kappa shape index (κ1) is 12.8. The number of nitrogens with zero attached hydrogens (tertiary/aromatic N) is 2. The molecule has 4 heteroatoms. The lowest BCUT2D eigenvalue weighted by Gasteiger charge is -2.29. The molecule has 0 N–H and O–H groups in total. The van der Waals surface area contributed by atoms with Crippen LogP contribution >= 0.6 is 0 Å². The van der Waals surface area contributed by atoms with E-state index in [2.05, 4.69) is 11.6 Å². The molecule has 0 saturated carbocycles. The summed E-state index contributed by atoms with van der Waals surface area (Å²) < 4.78 is 5.69. The number of carbonyl (C=O) groups excluding carboxylic acids is 1. The van der Waals surface area contributed by atoms with E-state index in [1.807, 2.05) is 42.2 Å². The number of carbonyl (C=O) groups is 1. The fraction of sp³-hybridized carbons (Fsp3) is 0.250. The van der Waals surface area contributed by atoms with Crippen molar-refractivity contribution in [2.45, 2.75) is 19.5 Å². The van der Waals surface area contributed by atoms with Crippen LogP contribution in [0.3, 0.4) is 0 Å². The van der Waals surface area contributed by atoms with Crippen molar-refractivity contribution in [2.24, 2.45) is 0 Å². The number of fused-ring (bicyclic) bond motifs is 1. The summed E-state index contributed by atoms with van der Waals surface area (Å²) >= 11 is 0. The highest BCUT2D eigenvalue weighted by atomic mass is 16.4. The molecule has 0 aliphatic carbocycles. The lowest BCUT2D eigenvalue weighted by atomic mass is 10.0. The molecule has 102 valence electrons. The van der Waals surface area contributed by atoms with Gasteiger partial charge >= 0.3 is 0 Å². The van der Waals surface area contributed by atoms with Crippen molar-refractivity contribution in [3.05, 3.63) is 54.4 Å². The normalized spacial score (nSPS) is 18.9. The molecule has 1 atom stereocenters. The fourth-order valence-electron chi connectivity index (χ4n) is 2.43. The van der Waals surface area contributed by atoms with E-state index in [-0.39, 0.29) is 11.8 Å². The van der Waals surface area contributed by atoms with Gasteiger partial charge in [0.15, 0.2) is 5.76 Å². The van der Waals surface area contributed by atoms with Gasteiger partial charge in [-0.15, -0.1) is 6.58 Å². The summed E-state index contributed by atoms with van der Waals surface area (Å²) in [4.78, 5) is 18.8. The third-order valence-electron chi connectivity index (χ3n) is 3.59. The Balaban J connectivity index is 1.99. The summed E-state index contributed by atoms with van der Waals surface area (Å²) in [7, 11) is 0. The first-order chi connectivity index (χ1) is 9.70. The lowest BCUT2D eigenvalue weighted by molar-refractivity contribution is 0.0776. The van der Waals surface area contributed by atoms with Crippen molar-refractivity contribution in [1.82, 2.24) is 9.88 Å². The Morgan fingerprint density at radius 3 is 2.90 bits per heavy atom. The highest BCUT2D eigenvalue weighted by Gasteiger charge is 2.34. The largest absolute Gasteiger partial charge is 0.433 e. The van der Waals surface area contributed by atoms with Gasteiger partial charge in [-0.1, -0.05) is 24.3 Å². The fourth-order valence-corrected chi connectivity index (χ4v) is 2.43. The molecular formula is C16H16N2O2. The quantitative estimate of drug-likeness (QED) is 0.803. The van der Waals surface area contributed by atoms with Crippen LogP contribution in [0.15, 0.2) is 47.4 Å². The molecule has 0 spiro atoms. The summed E-state index contributed by atoms with van der Waals surface area (Å²) in [5, 5.41) is 0. The third kappa shape index (κ3) is 2.08. The number of hydrogen-bond acceptors (Lipinski definition) is 4. The summed E-state index contributed by atoms with van der Waals surface area (Å²) in [5.74, 6) is 0.899. The number of oxazole rings is 1. The average molecular weight is 268 g/mol. The van der Waals surface area contributed by atoms with Gasteiger partial charge in [-0.3, -0.25) is 9.69 Å². The second kappa shape index (κ2) is 5.06. The standard InChI is InChI=1S/C16H16N2O2/c1-3-9-18-10-13-15(14(19)11(18)2)20-16(17-13)12-7-5-4-6-8-12/h3-8,11H,1,9-10H2,2H3. The first-order valence-corrected chi connectivity index (χ1v) is 6.65. The molecule has 1 aromatic heterocycles. The topological polar surface area (TPSA) is 46.3 Å². The number of hydrogen-bond donors (Lipinski definition) is 0. The van der Waals surface area contributed by atoms with Crippen LogP contribution < -0.4 is 0 Å². The highest BCUT2D eigenvalue weighted by Crippen LogP contribution is 2.28. The van der Waals surface area contributed by atoms with Gasteiger partial charge in [0.25, 0.3) is 0 Å². The van der Waals surface area contributed by atoms with Gasteiger partial charge in [0.2, 0.25) is 11.7 Å². The Morgan fingerprint density at radius 1 is 1.45 bits per heavy atom. The van der Waals surface area contributed by atoms with E-state index in [0.29, 0.717) is 30.4 Å². The number of benzene rings is 1. The maximum atomic E-state index is 12.3. The predicted octanol–water partition coefficient (Wildman–Crippen LogP) is 2.91. The third-order valence-corrected chi connectivity index (χ3v) is 3.59. The maximum Gasteiger partial charge on any atom is 0.227 e. The van der Waals surface area contributed by atoms with Gasteiger partial charge in [0.1, 0.15) is 5.69 Å². The van der Waals surface area contributed by atoms with Crippen molar-refractivity contribution in [3.8, 4) is 11.5 Å². The first-order valence-electron chi connectivity index (χ1n) is 6.65. The van der Waals surface area contributed by atoms with E-state index in [9.17, 15) is 4.79 Å². The summed E-state index contributed by atoms with van der Waals surface area (Å²) in [6.45, 7) is 6.90. The number of aromatic nitrogens is 1. The molecule has 1 aromatic carbocycles. The zero-order chi connectivity index (χ0) is 14.1. The lowest BCUT2D eigenvalue weighted by Crippen LogP contribution is -2.42. The van der Waals surface area contributed by atoms with Gasteiger partial charge in [-0.2, -0.15) is 0 Å². The van der Waals surface area contributed by atoms with Crippen LogP contribution in [0.5, 0.6) is 0 Å². The molecule has 1 aliphatic rings. The molecule has 4 nitrogen and oxygen atoms in total. The van der Waals surface area contributed by atoms with Crippen molar-refractivity contribution in [2.75, 3.05) is 6.54 Å². The molecule has 3 rings (SSSR count). The summed E-state index contributed by atoms with van der Waals surface area (Å²) in [6.07, 6.45) is 1.80. The molecule has 0 bridgehead atoms. The zero-order valence-corrected chi connectivity index (χ0v) is 11.4. The van der Waals surface area contributed by atoms with Crippen LogP contribution in [0.25, 0.3) is 11.5 Å². The van der Waals surface area contributed by atoms with E-state index < -0.39 is 0 Å². The van der Waals surface area contributed by atoms with Crippen LogP contribution in [0.2, 0.25) is 0 Å². The highest BCUT2D eigenvalue weighted by molar-refractivity contribution is 5.99. The van der Waals surface area contributed by atoms with Gasteiger partial charge in [0.05, 0.1) is 6.04 Å². The summed E-state index contributed by atoms with van der Waals surface area (Å²) in [6, 6.07) is 9.43. The van der Waals surface area contributed by atoms with Crippen LogP contribution in [-0.4, -0.2) is 28.3 Å². The molecule has 20 heavy (non-hydrogen) atoms. The van der Waals surface area contributed by atoms with E-state index in [1.54, 1.807) is 6.08 Å². The Hall–Kier alpha value is -2.20. The van der Waals surface area contributed by atoms with Crippen molar-refractivity contribution in [1.29, 1.82) is 0 Å². The minimum Gasteiger partial charge on any atom is -0.433 e. The monoisotopic (exact) mass is 268 g/mol. The number of ketones is 1.